The molecule has 0 aliphatic heterocycles. The number of amides is 1. The molecule has 0 saturated heterocycles. The number of fused-ring (bicyclic) bond motifs is 1. The van der Waals surface area contributed by atoms with Gasteiger partial charge in [-0.25, -0.2) is 4.79 Å². The van der Waals surface area contributed by atoms with Crippen LogP contribution >= 0.6 is 11.6 Å². The van der Waals surface area contributed by atoms with Crippen LogP contribution in [0.15, 0.2) is 27.4 Å². The van der Waals surface area contributed by atoms with Crippen LogP contribution in [0.1, 0.15) is 25.3 Å². The third kappa shape index (κ3) is 4.79. The molecule has 0 N–H and O–H groups in total. The molecule has 2 aromatic rings. The van der Waals surface area contributed by atoms with Gasteiger partial charge in [-0.3, -0.25) is 4.79 Å². The van der Waals surface area contributed by atoms with Gasteiger partial charge in [0, 0.05) is 23.6 Å². The largest absolute Gasteiger partial charge is 0.482 e. The van der Waals surface area contributed by atoms with Crippen LogP contribution in [-0.2, 0) is 4.79 Å². The number of hydrogen-bond donors (Lipinski definition) is 0. The highest BCUT2D eigenvalue weighted by Gasteiger charge is 2.40. The number of aryl methyl sites for hydroxylation is 1. The van der Waals surface area contributed by atoms with Crippen LogP contribution in [-0.4, -0.2) is 36.2 Å². The molecule has 0 spiro atoms. The Balaban J connectivity index is 1.78. The molecule has 1 amide bonds. The molecule has 0 unspecified atom stereocenters. The summed E-state index contributed by atoms with van der Waals surface area (Å²) in [5.74, 6) is -0.645. The number of ether oxygens (including phenoxy) is 1. The molecule has 1 saturated carbocycles. The van der Waals surface area contributed by atoms with Gasteiger partial charge in [-0.2, -0.15) is 13.2 Å². The molecular formula is C19H19ClF3NO4. The average molecular weight is 418 g/mol. The Kier molecular flexibility index (Phi) is 5.61. The number of alkyl halides is 3. The number of nitrogens with zero attached hydrogens (tertiary/aromatic N) is 1. The lowest BCUT2D eigenvalue weighted by Gasteiger charge is -2.30. The highest BCUT2D eigenvalue weighted by Crippen LogP contribution is 2.36. The van der Waals surface area contributed by atoms with Crippen molar-refractivity contribution in [2.45, 2.75) is 38.9 Å². The molecule has 152 valence electrons. The number of benzene rings is 1. The highest BCUT2D eigenvalue weighted by atomic mass is 35.5. The van der Waals surface area contributed by atoms with Crippen molar-refractivity contribution in [3.05, 3.63) is 39.2 Å². The minimum atomic E-state index is -4.50. The second kappa shape index (κ2) is 7.66. The molecule has 28 heavy (non-hydrogen) atoms. The zero-order valence-corrected chi connectivity index (χ0v) is 16.1. The minimum Gasteiger partial charge on any atom is -0.482 e. The lowest BCUT2D eigenvalue weighted by molar-refractivity contribution is -0.167. The first-order chi connectivity index (χ1) is 13.0. The van der Waals surface area contributed by atoms with Crippen LogP contribution < -0.4 is 10.4 Å². The maximum absolute atomic E-state index is 12.9. The van der Waals surface area contributed by atoms with Gasteiger partial charge in [-0.05, 0) is 44.2 Å². The topological polar surface area (TPSA) is 59.8 Å². The lowest BCUT2D eigenvalue weighted by atomic mass is 10.1. The van der Waals surface area contributed by atoms with Crippen LogP contribution in [0, 0.1) is 12.8 Å². The maximum atomic E-state index is 12.9. The van der Waals surface area contributed by atoms with Gasteiger partial charge in [0.2, 0.25) is 0 Å². The summed E-state index contributed by atoms with van der Waals surface area (Å²) in [6, 6.07) is 3.68. The van der Waals surface area contributed by atoms with E-state index in [9.17, 15) is 22.8 Å². The van der Waals surface area contributed by atoms with Crippen LogP contribution in [0.4, 0.5) is 13.2 Å². The van der Waals surface area contributed by atoms with Gasteiger partial charge in [-0.1, -0.05) is 11.6 Å². The fraction of sp³-hybridized carbons (Fsp3) is 0.474. The van der Waals surface area contributed by atoms with E-state index < -0.39 is 36.9 Å². The van der Waals surface area contributed by atoms with E-state index in [1.165, 1.54) is 18.2 Å². The molecule has 3 rings (SSSR count). The molecule has 9 heteroatoms. The molecule has 1 aromatic carbocycles. The number of rotatable bonds is 6. The summed E-state index contributed by atoms with van der Waals surface area (Å²) in [7, 11) is 0. The summed E-state index contributed by atoms with van der Waals surface area (Å²) in [5.41, 5.74) is 0.324. The maximum Gasteiger partial charge on any atom is 0.406 e. The first-order valence-electron chi connectivity index (χ1n) is 8.78. The Hall–Kier alpha value is -2.22. The van der Waals surface area contributed by atoms with Crippen molar-refractivity contribution in [2.24, 2.45) is 5.92 Å². The van der Waals surface area contributed by atoms with Crippen molar-refractivity contribution < 1.29 is 27.1 Å². The molecule has 1 atom stereocenters. The van der Waals surface area contributed by atoms with Crippen LogP contribution in [0.25, 0.3) is 11.0 Å². The third-order valence-corrected chi connectivity index (χ3v) is 5.12. The second-order valence-corrected chi connectivity index (χ2v) is 7.44. The Bertz CT molecular complexity index is 953. The van der Waals surface area contributed by atoms with Gasteiger partial charge in [0.25, 0.3) is 5.91 Å². The third-order valence-electron chi connectivity index (χ3n) is 4.82. The molecule has 1 aromatic heterocycles. The van der Waals surface area contributed by atoms with Crippen LogP contribution in [0.3, 0.4) is 0 Å². The van der Waals surface area contributed by atoms with E-state index in [0.717, 1.165) is 17.7 Å². The molecule has 1 heterocycles. The number of hydrogen-bond acceptors (Lipinski definition) is 4. The quantitative estimate of drug-likeness (QED) is 0.657. The molecule has 0 radical (unpaired) electrons. The van der Waals surface area contributed by atoms with Crippen LogP contribution in [0.5, 0.6) is 5.75 Å². The monoisotopic (exact) mass is 417 g/mol. The number of carbonyl (C=O) groups excluding carboxylic acids is 1. The van der Waals surface area contributed by atoms with Gasteiger partial charge in [0.1, 0.15) is 17.9 Å². The Morgan fingerprint density at radius 1 is 1.36 bits per heavy atom. The van der Waals surface area contributed by atoms with Gasteiger partial charge in [0.05, 0.1) is 5.02 Å². The summed E-state index contributed by atoms with van der Waals surface area (Å²) in [6.45, 7) is 1.40. The molecule has 5 nitrogen and oxygen atoms in total. The summed E-state index contributed by atoms with van der Waals surface area (Å²) >= 11 is 6.16. The van der Waals surface area contributed by atoms with E-state index in [4.69, 9.17) is 20.8 Å². The normalized spacial score (nSPS) is 15.5. The predicted molar refractivity (Wildman–Crippen MR) is 97.7 cm³/mol. The van der Waals surface area contributed by atoms with Crippen molar-refractivity contribution in [1.82, 2.24) is 4.90 Å². The second-order valence-electron chi connectivity index (χ2n) is 7.03. The molecule has 1 aliphatic carbocycles. The lowest BCUT2D eigenvalue weighted by Crippen LogP contribution is -2.47. The standard InChI is InChI=1S/C19H19ClF3NO4/c1-10-5-18(26)28-15-7-16(14(20)6-13(10)15)27-8-17(25)24(9-19(21,22)23)11(2)12-3-4-12/h5-7,11-12H,3-4,8-9H2,1-2H3/t11-/m0/s1. The summed E-state index contributed by atoms with van der Waals surface area (Å²) < 4.78 is 49.1. The van der Waals surface area contributed by atoms with E-state index in [2.05, 4.69) is 0 Å². The molecule has 0 bridgehead atoms. The summed E-state index contributed by atoms with van der Waals surface area (Å²) in [5, 5.41) is 0.763. The van der Waals surface area contributed by atoms with Gasteiger partial charge >= 0.3 is 11.8 Å². The van der Waals surface area contributed by atoms with E-state index >= 15 is 0 Å². The van der Waals surface area contributed by atoms with E-state index in [1.54, 1.807) is 13.8 Å². The van der Waals surface area contributed by atoms with Crippen molar-refractivity contribution in [1.29, 1.82) is 0 Å². The fourth-order valence-corrected chi connectivity index (χ4v) is 3.36. The van der Waals surface area contributed by atoms with Crippen LogP contribution in [0.2, 0.25) is 5.02 Å². The van der Waals surface area contributed by atoms with E-state index in [-0.39, 0.29) is 22.3 Å². The Morgan fingerprint density at radius 3 is 2.64 bits per heavy atom. The van der Waals surface area contributed by atoms with Crippen molar-refractivity contribution >= 4 is 28.5 Å². The van der Waals surface area contributed by atoms with Crippen molar-refractivity contribution in [3.8, 4) is 5.75 Å². The SMILES string of the molecule is Cc1cc(=O)oc2cc(OCC(=O)N(CC(F)(F)F)[C@@H](C)C3CC3)c(Cl)cc12. The first kappa shape index (κ1) is 20.5. The zero-order chi connectivity index (χ0) is 20.6. The minimum absolute atomic E-state index is 0.0577. The molecule has 1 fully saturated rings. The summed E-state index contributed by atoms with van der Waals surface area (Å²) in [6.07, 6.45) is -2.89. The van der Waals surface area contributed by atoms with Gasteiger partial charge in [-0.15, -0.1) is 0 Å². The number of halogens is 4. The smallest absolute Gasteiger partial charge is 0.406 e. The predicted octanol–water partition coefficient (Wildman–Crippen LogP) is 4.32. The zero-order valence-electron chi connectivity index (χ0n) is 15.3. The van der Waals surface area contributed by atoms with Gasteiger partial charge in [0.15, 0.2) is 6.61 Å². The van der Waals surface area contributed by atoms with Crippen molar-refractivity contribution in [2.75, 3.05) is 13.2 Å². The van der Waals surface area contributed by atoms with E-state index in [0.29, 0.717) is 10.9 Å². The van der Waals surface area contributed by atoms with Crippen molar-refractivity contribution in [3.63, 3.8) is 0 Å². The average Bonchev–Trinajstić information content (AvgIpc) is 3.42. The Labute approximate surface area is 164 Å². The summed E-state index contributed by atoms with van der Waals surface area (Å²) in [4.78, 5) is 24.8. The molecular weight excluding hydrogens is 399 g/mol. The highest BCUT2D eigenvalue weighted by molar-refractivity contribution is 6.32. The van der Waals surface area contributed by atoms with E-state index in [1.807, 2.05) is 0 Å². The fourth-order valence-electron chi connectivity index (χ4n) is 3.14. The Morgan fingerprint density at radius 2 is 2.04 bits per heavy atom. The molecule has 1 aliphatic rings. The van der Waals surface area contributed by atoms with Gasteiger partial charge < -0.3 is 14.1 Å². The first-order valence-corrected chi connectivity index (χ1v) is 9.16. The number of carbonyl (C=O) groups is 1.